The molecule has 0 bridgehead atoms. The Balaban J connectivity index is 1.88. The van der Waals surface area contributed by atoms with Gasteiger partial charge in [0.25, 0.3) is 0 Å². The Labute approximate surface area is 177 Å². The Morgan fingerprint density at radius 3 is 1.77 bits per heavy atom. The monoisotopic (exact) mass is 384 g/mol. The first kappa shape index (κ1) is 17.5. The maximum absolute atomic E-state index is 2.37. The highest BCUT2D eigenvalue weighted by Crippen LogP contribution is 2.44. The number of rotatable bonds is 1. The van der Waals surface area contributed by atoms with E-state index >= 15 is 0 Å². The molecule has 0 aliphatic heterocycles. The molecule has 0 saturated carbocycles. The maximum atomic E-state index is 2.37. The zero-order chi connectivity index (χ0) is 20.6. The molecular formula is C30H24. The van der Waals surface area contributed by atoms with Gasteiger partial charge in [0.1, 0.15) is 0 Å². The van der Waals surface area contributed by atoms with E-state index in [0.717, 1.165) is 0 Å². The molecule has 0 spiro atoms. The lowest BCUT2D eigenvalue weighted by atomic mass is 9.85. The summed E-state index contributed by atoms with van der Waals surface area (Å²) in [7, 11) is 0. The van der Waals surface area contributed by atoms with Crippen LogP contribution in [0.25, 0.3) is 54.2 Å². The minimum absolute atomic E-state index is 1.31. The summed E-state index contributed by atoms with van der Waals surface area (Å²) in [5.74, 6) is 0. The van der Waals surface area contributed by atoms with Gasteiger partial charge in [0.05, 0.1) is 0 Å². The highest BCUT2D eigenvalue weighted by molar-refractivity contribution is 6.34. The lowest BCUT2D eigenvalue weighted by molar-refractivity contribution is 1.39. The third-order valence-corrected chi connectivity index (χ3v) is 6.63. The zero-order valence-corrected chi connectivity index (χ0v) is 17.9. The molecule has 0 amide bonds. The highest BCUT2D eigenvalue weighted by Gasteiger charge is 2.16. The first-order chi connectivity index (χ1) is 14.5. The van der Waals surface area contributed by atoms with Crippen molar-refractivity contribution >= 4 is 43.1 Å². The van der Waals surface area contributed by atoms with E-state index in [1.54, 1.807) is 0 Å². The molecule has 0 atom stereocenters. The second kappa shape index (κ2) is 6.06. The Bertz CT molecular complexity index is 1600. The van der Waals surface area contributed by atoms with Crippen LogP contribution in [0.5, 0.6) is 0 Å². The van der Waals surface area contributed by atoms with Gasteiger partial charge in [-0.3, -0.25) is 0 Å². The van der Waals surface area contributed by atoms with Crippen LogP contribution in [0.2, 0.25) is 0 Å². The summed E-state index contributed by atoms with van der Waals surface area (Å²) in [6.07, 6.45) is 0. The molecule has 0 aliphatic carbocycles. The van der Waals surface area contributed by atoms with Crippen LogP contribution < -0.4 is 0 Å². The molecule has 30 heavy (non-hydrogen) atoms. The lowest BCUT2D eigenvalue weighted by Crippen LogP contribution is -1.92. The average molecular weight is 385 g/mol. The van der Waals surface area contributed by atoms with Crippen LogP contribution in [0.1, 0.15) is 22.3 Å². The maximum Gasteiger partial charge on any atom is -0.00199 e. The predicted octanol–water partition coefficient (Wildman–Crippen LogP) is 8.64. The van der Waals surface area contributed by atoms with Gasteiger partial charge < -0.3 is 0 Å². The lowest BCUT2D eigenvalue weighted by Gasteiger charge is -2.18. The molecule has 0 unspecified atom stereocenters. The number of aryl methyl sites for hydroxylation is 4. The van der Waals surface area contributed by atoms with Crippen molar-refractivity contribution in [1.82, 2.24) is 0 Å². The van der Waals surface area contributed by atoms with Crippen molar-refractivity contribution < 1.29 is 0 Å². The second-order valence-corrected chi connectivity index (χ2v) is 8.93. The minimum atomic E-state index is 1.31. The molecule has 0 aliphatic rings. The van der Waals surface area contributed by atoms with E-state index < -0.39 is 0 Å². The molecular weight excluding hydrogens is 360 g/mol. The van der Waals surface area contributed by atoms with Gasteiger partial charge in [0.15, 0.2) is 0 Å². The van der Waals surface area contributed by atoms with E-state index in [9.17, 15) is 0 Å². The molecule has 6 aromatic carbocycles. The molecule has 0 radical (unpaired) electrons. The van der Waals surface area contributed by atoms with Crippen molar-refractivity contribution in [1.29, 1.82) is 0 Å². The van der Waals surface area contributed by atoms with Crippen molar-refractivity contribution in [2.24, 2.45) is 0 Å². The van der Waals surface area contributed by atoms with E-state index in [1.807, 2.05) is 0 Å². The topological polar surface area (TPSA) is 0 Å². The SMILES string of the molecule is Cc1cc(C)cc(-c2ccc3c4ccc(C)c5cccc(c6cc(C)cc2c36)c54)c1. The first-order valence-corrected chi connectivity index (χ1v) is 10.7. The molecule has 0 heteroatoms. The van der Waals surface area contributed by atoms with Crippen LogP contribution in [0.4, 0.5) is 0 Å². The fourth-order valence-corrected chi connectivity index (χ4v) is 5.45. The van der Waals surface area contributed by atoms with Crippen molar-refractivity contribution in [3.8, 4) is 11.1 Å². The molecule has 0 fully saturated rings. The Morgan fingerprint density at radius 2 is 1.00 bits per heavy atom. The van der Waals surface area contributed by atoms with E-state index in [4.69, 9.17) is 0 Å². The minimum Gasteiger partial charge on any atom is -0.0610 e. The quantitative estimate of drug-likeness (QED) is 0.196. The van der Waals surface area contributed by atoms with E-state index in [-0.39, 0.29) is 0 Å². The first-order valence-electron chi connectivity index (χ1n) is 10.7. The molecule has 0 aromatic heterocycles. The smallest absolute Gasteiger partial charge is 0.00199 e. The summed E-state index contributed by atoms with van der Waals surface area (Å²) < 4.78 is 0. The molecule has 6 rings (SSSR count). The number of hydrogen-bond acceptors (Lipinski definition) is 0. The van der Waals surface area contributed by atoms with Crippen LogP contribution in [0.3, 0.4) is 0 Å². The molecule has 144 valence electrons. The van der Waals surface area contributed by atoms with Crippen LogP contribution in [0, 0.1) is 27.7 Å². The van der Waals surface area contributed by atoms with Crippen molar-refractivity contribution in [3.05, 3.63) is 95.1 Å². The van der Waals surface area contributed by atoms with E-state index in [1.165, 1.54) is 76.5 Å². The van der Waals surface area contributed by atoms with Gasteiger partial charge in [-0.25, -0.2) is 0 Å². The summed E-state index contributed by atoms with van der Waals surface area (Å²) in [4.78, 5) is 0. The molecule has 0 saturated heterocycles. The van der Waals surface area contributed by atoms with Crippen molar-refractivity contribution in [2.75, 3.05) is 0 Å². The van der Waals surface area contributed by atoms with Gasteiger partial charge in [0.2, 0.25) is 0 Å². The van der Waals surface area contributed by atoms with Gasteiger partial charge in [-0.05, 0) is 93.0 Å². The molecule has 0 nitrogen and oxygen atoms in total. The summed E-state index contributed by atoms with van der Waals surface area (Å²) in [5, 5.41) is 11.0. The highest BCUT2D eigenvalue weighted by atomic mass is 14.2. The van der Waals surface area contributed by atoms with Gasteiger partial charge in [-0.1, -0.05) is 83.9 Å². The zero-order valence-electron chi connectivity index (χ0n) is 17.9. The number of hydrogen-bond donors (Lipinski definition) is 0. The van der Waals surface area contributed by atoms with Crippen LogP contribution in [-0.2, 0) is 0 Å². The van der Waals surface area contributed by atoms with Gasteiger partial charge in [0, 0.05) is 0 Å². The normalized spacial score (nSPS) is 12.0. The van der Waals surface area contributed by atoms with Crippen LogP contribution in [-0.4, -0.2) is 0 Å². The summed E-state index contributed by atoms with van der Waals surface area (Å²) in [6.45, 7) is 8.81. The van der Waals surface area contributed by atoms with Crippen molar-refractivity contribution in [2.45, 2.75) is 27.7 Å². The average Bonchev–Trinajstić information content (AvgIpc) is 2.71. The molecule has 6 aromatic rings. The number of fused-ring (bicyclic) bond motifs is 2. The van der Waals surface area contributed by atoms with E-state index in [0.29, 0.717) is 0 Å². The fraction of sp³-hybridized carbons (Fsp3) is 0.133. The number of benzene rings is 6. The van der Waals surface area contributed by atoms with Crippen LogP contribution in [0.15, 0.2) is 72.8 Å². The Morgan fingerprint density at radius 1 is 0.433 bits per heavy atom. The third-order valence-electron chi connectivity index (χ3n) is 6.63. The van der Waals surface area contributed by atoms with Gasteiger partial charge >= 0.3 is 0 Å². The summed E-state index contributed by atoms with van der Waals surface area (Å²) >= 11 is 0. The second-order valence-electron chi connectivity index (χ2n) is 8.93. The van der Waals surface area contributed by atoms with Gasteiger partial charge in [-0.2, -0.15) is 0 Å². The fourth-order valence-electron chi connectivity index (χ4n) is 5.45. The standard InChI is InChI=1S/C30H24/c1-17-12-18(2)14-21(13-17)23-10-11-26-25-9-8-20(4)22-6-5-7-24(29(22)25)28-16-19(3)15-27(23)30(26)28/h5-16H,1-4H3. The summed E-state index contributed by atoms with van der Waals surface area (Å²) in [5.41, 5.74) is 7.92. The van der Waals surface area contributed by atoms with Gasteiger partial charge in [-0.15, -0.1) is 0 Å². The predicted molar refractivity (Wildman–Crippen MR) is 132 cm³/mol. The van der Waals surface area contributed by atoms with Crippen molar-refractivity contribution in [3.63, 3.8) is 0 Å². The third kappa shape index (κ3) is 2.34. The molecule has 0 N–H and O–H groups in total. The Hall–Kier alpha value is -3.38. The Kier molecular flexibility index (Phi) is 3.53. The van der Waals surface area contributed by atoms with Crippen LogP contribution >= 0.6 is 0 Å². The van der Waals surface area contributed by atoms with E-state index in [2.05, 4.69) is 100 Å². The molecule has 0 heterocycles. The largest absolute Gasteiger partial charge is 0.0610 e. The summed E-state index contributed by atoms with van der Waals surface area (Å²) in [6, 6.07) is 27.6.